The normalized spacial score (nSPS) is 15.3. The SMILES string of the molecule is CC[C@@H](NCC(=O)N1CCc2sccc2C1)c1ccc(Cl)cc1. The summed E-state index contributed by atoms with van der Waals surface area (Å²) in [5.74, 6) is 0.175. The van der Waals surface area contributed by atoms with Gasteiger partial charge in [-0.15, -0.1) is 11.3 Å². The highest BCUT2D eigenvalue weighted by Crippen LogP contribution is 2.24. The van der Waals surface area contributed by atoms with Crippen LogP contribution in [0, 0.1) is 0 Å². The first-order valence-electron chi connectivity index (χ1n) is 7.99. The molecule has 2 heterocycles. The summed E-state index contributed by atoms with van der Waals surface area (Å²) < 4.78 is 0. The summed E-state index contributed by atoms with van der Waals surface area (Å²) in [6, 6.07) is 10.1. The van der Waals surface area contributed by atoms with Gasteiger partial charge in [0.05, 0.1) is 6.54 Å². The van der Waals surface area contributed by atoms with Gasteiger partial charge in [-0.2, -0.15) is 0 Å². The van der Waals surface area contributed by atoms with Crippen LogP contribution in [0.3, 0.4) is 0 Å². The topological polar surface area (TPSA) is 32.3 Å². The van der Waals surface area contributed by atoms with Crippen molar-refractivity contribution in [2.24, 2.45) is 0 Å². The predicted octanol–water partition coefficient (Wildman–Crippen LogP) is 4.03. The number of nitrogens with one attached hydrogen (secondary N) is 1. The van der Waals surface area contributed by atoms with E-state index in [1.54, 1.807) is 11.3 Å². The average Bonchev–Trinajstić information content (AvgIpc) is 3.04. The fraction of sp³-hybridized carbons (Fsp3) is 0.389. The van der Waals surface area contributed by atoms with Gasteiger partial charge in [0.25, 0.3) is 0 Å². The second-order valence-corrected chi connectivity index (χ2v) is 7.26. The Bertz CT molecular complexity index is 668. The molecule has 23 heavy (non-hydrogen) atoms. The van der Waals surface area contributed by atoms with E-state index in [1.165, 1.54) is 16.0 Å². The Balaban J connectivity index is 1.56. The standard InChI is InChI=1S/C18H21ClN2OS/c1-2-16(13-3-5-15(19)6-4-13)20-11-18(22)21-9-7-17-14(12-21)8-10-23-17/h3-6,8,10,16,20H,2,7,9,11-12H2,1H3/t16-/m1/s1. The first-order valence-corrected chi connectivity index (χ1v) is 9.25. The van der Waals surface area contributed by atoms with Crippen molar-refractivity contribution in [3.63, 3.8) is 0 Å². The molecular weight excluding hydrogens is 328 g/mol. The molecule has 1 N–H and O–H groups in total. The molecule has 0 spiro atoms. The Morgan fingerprint density at radius 2 is 2.13 bits per heavy atom. The number of hydrogen-bond donors (Lipinski definition) is 1. The third kappa shape index (κ3) is 3.94. The van der Waals surface area contributed by atoms with Gasteiger partial charge in [0.2, 0.25) is 5.91 Å². The van der Waals surface area contributed by atoms with Crippen molar-refractivity contribution in [2.75, 3.05) is 13.1 Å². The van der Waals surface area contributed by atoms with Crippen molar-refractivity contribution in [1.82, 2.24) is 10.2 Å². The molecule has 5 heteroatoms. The summed E-state index contributed by atoms with van der Waals surface area (Å²) in [7, 11) is 0. The van der Waals surface area contributed by atoms with Crippen molar-refractivity contribution < 1.29 is 4.79 Å². The molecule has 0 bridgehead atoms. The summed E-state index contributed by atoms with van der Waals surface area (Å²) in [6.45, 7) is 4.07. The molecule has 1 aliphatic rings. The van der Waals surface area contributed by atoms with Crippen LogP contribution in [0.5, 0.6) is 0 Å². The lowest BCUT2D eigenvalue weighted by molar-refractivity contribution is -0.131. The number of fused-ring (bicyclic) bond motifs is 1. The molecule has 122 valence electrons. The molecule has 0 saturated carbocycles. The van der Waals surface area contributed by atoms with Gasteiger partial charge >= 0.3 is 0 Å². The summed E-state index contributed by atoms with van der Waals surface area (Å²) in [5, 5.41) is 6.24. The third-order valence-corrected chi connectivity index (χ3v) is 5.62. The van der Waals surface area contributed by atoms with Gasteiger partial charge < -0.3 is 10.2 Å². The largest absolute Gasteiger partial charge is 0.337 e. The molecule has 1 amide bonds. The van der Waals surface area contributed by atoms with Crippen LogP contribution in [0.4, 0.5) is 0 Å². The Morgan fingerprint density at radius 1 is 1.35 bits per heavy atom. The number of carbonyl (C=O) groups excluding carboxylic acids is 1. The molecular formula is C18H21ClN2OS. The van der Waals surface area contributed by atoms with Crippen molar-refractivity contribution in [3.8, 4) is 0 Å². The minimum Gasteiger partial charge on any atom is -0.337 e. The van der Waals surface area contributed by atoms with Gasteiger partial charge in [-0.3, -0.25) is 4.79 Å². The first kappa shape index (κ1) is 16.5. The van der Waals surface area contributed by atoms with Gasteiger partial charge in [0, 0.05) is 29.0 Å². The number of halogens is 1. The van der Waals surface area contributed by atoms with E-state index in [0.717, 1.165) is 31.0 Å². The lowest BCUT2D eigenvalue weighted by atomic mass is 10.0. The second-order valence-electron chi connectivity index (χ2n) is 5.83. The summed E-state index contributed by atoms with van der Waals surface area (Å²) in [4.78, 5) is 15.9. The zero-order valence-corrected chi connectivity index (χ0v) is 14.8. The van der Waals surface area contributed by atoms with Gasteiger partial charge in [-0.05, 0) is 47.5 Å². The summed E-state index contributed by atoms with van der Waals surface area (Å²) in [6.07, 6.45) is 1.91. The van der Waals surface area contributed by atoms with E-state index in [2.05, 4.69) is 23.7 Å². The fourth-order valence-electron chi connectivity index (χ4n) is 2.98. The maximum atomic E-state index is 12.5. The Kier molecular flexibility index (Phi) is 5.36. The number of rotatable bonds is 5. The van der Waals surface area contributed by atoms with E-state index in [-0.39, 0.29) is 11.9 Å². The quantitative estimate of drug-likeness (QED) is 0.884. The molecule has 0 aliphatic carbocycles. The number of nitrogens with zero attached hydrogens (tertiary/aromatic N) is 1. The molecule has 1 atom stereocenters. The summed E-state index contributed by atoms with van der Waals surface area (Å²) in [5.41, 5.74) is 2.47. The Hall–Kier alpha value is -1.36. The molecule has 0 saturated heterocycles. The van der Waals surface area contributed by atoms with E-state index in [0.29, 0.717) is 6.54 Å². The van der Waals surface area contributed by atoms with Crippen molar-refractivity contribution in [2.45, 2.75) is 32.4 Å². The van der Waals surface area contributed by atoms with E-state index >= 15 is 0 Å². The molecule has 1 aromatic heterocycles. The van der Waals surface area contributed by atoms with E-state index in [9.17, 15) is 4.79 Å². The zero-order valence-electron chi connectivity index (χ0n) is 13.2. The molecule has 0 unspecified atom stereocenters. The summed E-state index contributed by atoms with van der Waals surface area (Å²) >= 11 is 7.74. The van der Waals surface area contributed by atoms with Crippen molar-refractivity contribution in [1.29, 1.82) is 0 Å². The highest BCUT2D eigenvalue weighted by molar-refractivity contribution is 7.10. The lowest BCUT2D eigenvalue weighted by Crippen LogP contribution is -2.41. The third-order valence-electron chi connectivity index (χ3n) is 4.34. The van der Waals surface area contributed by atoms with E-state index in [4.69, 9.17) is 11.6 Å². The average molecular weight is 349 g/mol. The zero-order chi connectivity index (χ0) is 16.2. The van der Waals surface area contributed by atoms with Crippen LogP contribution in [-0.2, 0) is 17.8 Å². The number of thiophene rings is 1. The minimum atomic E-state index is 0.175. The number of hydrogen-bond acceptors (Lipinski definition) is 3. The Morgan fingerprint density at radius 3 is 2.87 bits per heavy atom. The lowest BCUT2D eigenvalue weighted by Gasteiger charge is -2.28. The van der Waals surface area contributed by atoms with Gasteiger partial charge in [0.1, 0.15) is 0 Å². The number of benzene rings is 1. The van der Waals surface area contributed by atoms with E-state index < -0.39 is 0 Å². The van der Waals surface area contributed by atoms with Crippen LogP contribution in [0.1, 0.15) is 35.4 Å². The van der Waals surface area contributed by atoms with Gasteiger partial charge in [-0.25, -0.2) is 0 Å². The van der Waals surface area contributed by atoms with Crippen LogP contribution in [-0.4, -0.2) is 23.9 Å². The van der Waals surface area contributed by atoms with Gasteiger partial charge in [-0.1, -0.05) is 30.7 Å². The van der Waals surface area contributed by atoms with Crippen molar-refractivity contribution in [3.05, 3.63) is 56.7 Å². The molecule has 3 nitrogen and oxygen atoms in total. The molecule has 1 aliphatic heterocycles. The maximum absolute atomic E-state index is 12.5. The van der Waals surface area contributed by atoms with E-state index in [1.807, 2.05) is 29.2 Å². The predicted molar refractivity (Wildman–Crippen MR) is 95.9 cm³/mol. The molecule has 3 rings (SSSR count). The number of amides is 1. The molecule has 0 radical (unpaired) electrons. The maximum Gasteiger partial charge on any atom is 0.236 e. The molecule has 1 aromatic carbocycles. The van der Waals surface area contributed by atoms with Crippen LogP contribution in [0.15, 0.2) is 35.7 Å². The highest BCUT2D eigenvalue weighted by Gasteiger charge is 2.22. The minimum absolute atomic E-state index is 0.175. The number of carbonyl (C=O) groups is 1. The van der Waals surface area contributed by atoms with Crippen LogP contribution >= 0.6 is 22.9 Å². The second kappa shape index (κ2) is 7.47. The van der Waals surface area contributed by atoms with Crippen LogP contribution < -0.4 is 5.32 Å². The smallest absolute Gasteiger partial charge is 0.236 e. The first-order chi connectivity index (χ1) is 11.2. The van der Waals surface area contributed by atoms with Crippen molar-refractivity contribution >= 4 is 28.8 Å². The van der Waals surface area contributed by atoms with Crippen LogP contribution in [0.25, 0.3) is 0 Å². The fourth-order valence-corrected chi connectivity index (χ4v) is 3.99. The highest BCUT2D eigenvalue weighted by atomic mass is 35.5. The Labute approximate surface area is 146 Å². The molecule has 2 aromatic rings. The van der Waals surface area contributed by atoms with Gasteiger partial charge in [0.15, 0.2) is 0 Å². The monoisotopic (exact) mass is 348 g/mol. The molecule has 0 fully saturated rings. The van der Waals surface area contributed by atoms with Crippen LogP contribution in [0.2, 0.25) is 5.02 Å².